The topological polar surface area (TPSA) is 90.1 Å². The zero-order chi connectivity index (χ0) is 2.00. The summed E-state index contributed by atoms with van der Waals surface area (Å²) in [7, 11) is 0. The van der Waals surface area contributed by atoms with E-state index in [0.29, 0.717) is 0 Å². The molecule has 0 rings (SSSR count). The van der Waals surface area contributed by atoms with Crippen LogP contribution in [0.3, 0.4) is 0 Å². The van der Waals surface area contributed by atoms with Gasteiger partial charge in [0, 0.05) is 21.1 Å². The van der Waals surface area contributed by atoms with Crippen molar-refractivity contribution < 1.29 is 25.3 Å². The van der Waals surface area contributed by atoms with E-state index in [1.165, 1.54) is 0 Å². The Morgan fingerprint density at radius 3 is 0.875 bits per heavy atom. The fourth-order valence-electron chi connectivity index (χ4n) is 0. The average molecular weight is 369 g/mol. The second-order valence-electron chi connectivity index (χ2n) is 0. The van der Waals surface area contributed by atoms with E-state index in [1.54, 1.807) is 0 Å². The van der Waals surface area contributed by atoms with E-state index in [0.717, 1.165) is 0 Å². The molecule has 0 fully saturated rings. The van der Waals surface area contributed by atoms with Gasteiger partial charge in [-0.25, -0.2) is 0 Å². The Balaban J connectivity index is -0.000000000333. The maximum atomic E-state index is 7.83. The van der Waals surface area contributed by atoms with Gasteiger partial charge in [0.05, 0.1) is 0 Å². The summed E-state index contributed by atoms with van der Waals surface area (Å²) in [6, 6.07) is 0. The quantitative estimate of drug-likeness (QED) is 0.478. The normalized spacial score (nSPS) is 0.500. The fraction of sp³-hybridized carbons (Fsp3) is 0. The van der Waals surface area contributed by atoms with Gasteiger partial charge in [-0.15, -0.1) is 0 Å². The van der Waals surface area contributed by atoms with Crippen molar-refractivity contribution >= 4 is 53.0 Å². The molecule has 0 unspecified atom stereocenters. The van der Waals surface area contributed by atoms with Gasteiger partial charge in [-0.3, -0.25) is 0 Å². The van der Waals surface area contributed by atoms with Crippen LogP contribution in [-0.2, 0) is 47.1 Å². The van der Waals surface area contributed by atoms with Gasteiger partial charge in [-0.05, 0) is 0 Å². The van der Waals surface area contributed by atoms with Crippen molar-refractivity contribution in [3.63, 3.8) is 0 Å². The summed E-state index contributed by atoms with van der Waals surface area (Å²) >= 11 is 2.83. The molecule has 0 bridgehead atoms. The first-order valence-corrected chi connectivity index (χ1v) is 0.500. The molecule has 0 aliphatic rings. The van der Waals surface area contributed by atoms with Crippen LogP contribution in [0, 0.1) is 0 Å². The van der Waals surface area contributed by atoms with Gasteiger partial charge in [0.15, 0.2) is 12.5 Å². The summed E-state index contributed by atoms with van der Waals surface area (Å²) in [5.41, 5.74) is 0. The second kappa shape index (κ2) is 182. The molecule has 0 saturated heterocycles. The standard InChI is InChI=1S/2H3N.OS.3H2S.W/c;;1-2;;;;/h2*1H3;;3*1H2;/p+1. The zero-order valence-electron chi connectivity index (χ0n) is 4.67. The molecule has 0 amide bonds. The summed E-state index contributed by atoms with van der Waals surface area (Å²) in [4.78, 5) is 0. The van der Waals surface area contributed by atoms with Crippen molar-refractivity contribution in [3.8, 4) is 0 Å². The molecule has 0 aromatic heterocycles. The van der Waals surface area contributed by atoms with Crippen LogP contribution < -0.4 is 12.3 Å². The minimum Gasteiger partial charge on any atom is -0.813 e. The van der Waals surface area contributed by atoms with E-state index in [1.807, 2.05) is 0 Å². The van der Waals surface area contributed by atoms with Gasteiger partial charge < -0.3 is 25.8 Å². The third-order valence-corrected chi connectivity index (χ3v) is 0. The van der Waals surface area contributed by atoms with Crippen molar-refractivity contribution in [2.24, 2.45) is 0 Å². The van der Waals surface area contributed by atoms with Gasteiger partial charge in [-0.2, -0.15) is 31.2 Å². The molecule has 0 heterocycles. The molecular formula is H13N2OS4W+. The Morgan fingerprint density at radius 2 is 0.875 bits per heavy atom. The number of rotatable bonds is 0. The predicted molar refractivity (Wildman–Crippen MR) is 49.6 cm³/mol. The van der Waals surface area contributed by atoms with Crippen molar-refractivity contribution in [2.75, 3.05) is 0 Å². The van der Waals surface area contributed by atoms with E-state index in [4.69, 9.17) is 4.21 Å². The molecule has 0 aromatic carbocycles. The predicted octanol–water partition coefficient (Wildman–Crippen LogP) is 0.369. The molecular weight excluding hydrogens is 356 g/mol. The first-order valence-electron chi connectivity index (χ1n) is 0.167. The Kier molecular flexibility index (Phi) is 2310. The SMILES string of the molecule is O=S.S.S.[NH4+].[NH4+].[SH-].[W]. The summed E-state index contributed by atoms with van der Waals surface area (Å²) in [6.07, 6.45) is 0. The zero-order valence-corrected chi connectivity index (χ0v) is 11.3. The maximum absolute atomic E-state index is 7.83. The molecule has 8 N–H and O–H groups in total. The molecule has 0 aromatic rings. The van der Waals surface area contributed by atoms with Crippen LogP contribution in [0.1, 0.15) is 0 Å². The van der Waals surface area contributed by atoms with Crippen LogP contribution in [0.5, 0.6) is 0 Å². The van der Waals surface area contributed by atoms with E-state index in [9.17, 15) is 0 Å². The molecule has 3 nitrogen and oxygen atoms in total. The van der Waals surface area contributed by atoms with Gasteiger partial charge in [-0.1, -0.05) is 0 Å². The third-order valence-electron chi connectivity index (χ3n) is 0. The fourth-order valence-corrected chi connectivity index (χ4v) is 0. The van der Waals surface area contributed by atoms with Gasteiger partial charge in [0.25, 0.3) is 0 Å². The monoisotopic (exact) mass is 369 g/mol. The second-order valence-corrected chi connectivity index (χ2v) is 0. The molecule has 0 saturated carbocycles. The number of hydrogen-bond donors (Lipinski definition) is 2. The van der Waals surface area contributed by atoms with Gasteiger partial charge >= 0.3 is 0 Å². The van der Waals surface area contributed by atoms with E-state index >= 15 is 0 Å². The summed E-state index contributed by atoms with van der Waals surface area (Å²) in [5.74, 6) is 0. The Labute approximate surface area is 90.1 Å². The van der Waals surface area contributed by atoms with E-state index < -0.39 is 0 Å². The molecule has 0 atom stereocenters. The number of hydrogen-bond acceptors (Lipinski definition) is 3. The Bertz CT molecular complexity index is 14.0. The van der Waals surface area contributed by atoms with Gasteiger partial charge in [0.2, 0.25) is 0 Å². The van der Waals surface area contributed by atoms with E-state index in [2.05, 4.69) is 12.5 Å². The molecule has 8 heteroatoms. The van der Waals surface area contributed by atoms with Gasteiger partial charge in [0.1, 0.15) is 0 Å². The first-order chi connectivity index (χ1) is 1.00. The van der Waals surface area contributed by atoms with Crippen LogP contribution in [-0.4, -0.2) is 4.21 Å². The molecule has 0 aliphatic carbocycles. The van der Waals surface area contributed by atoms with Crippen LogP contribution >= 0.6 is 27.0 Å². The molecule has 58 valence electrons. The molecule has 8 heavy (non-hydrogen) atoms. The number of quaternary nitrogens is 2. The Hall–Kier alpha value is 1.68. The van der Waals surface area contributed by atoms with Crippen molar-refractivity contribution in [2.45, 2.75) is 0 Å². The molecule has 0 aliphatic heterocycles. The largest absolute Gasteiger partial charge is 0.813 e. The smallest absolute Gasteiger partial charge is 0.197 e. The van der Waals surface area contributed by atoms with Crippen molar-refractivity contribution in [1.29, 1.82) is 0 Å². The molecule has 0 spiro atoms. The minimum atomic E-state index is 0. The molecule has 0 radical (unpaired) electrons. The summed E-state index contributed by atoms with van der Waals surface area (Å²) in [5, 5.41) is 0. The average Bonchev–Trinajstić information content (AvgIpc) is 1.00. The van der Waals surface area contributed by atoms with Crippen LogP contribution in [0.15, 0.2) is 0 Å². The van der Waals surface area contributed by atoms with Crippen LogP contribution in [0.25, 0.3) is 0 Å². The first kappa shape index (κ1) is 102. The number of thiol groups is 1. The van der Waals surface area contributed by atoms with Crippen molar-refractivity contribution in [3.05, 3.63) is 0 Å². The van der Waals surface area contributed by atoms with Crippen molar-refractivity contribution in [1.82, 2.24) is 12.3 Å². The van der Waals surface area contributed by atoms with E-state index in [-0.39, 0.29) is 73.9 Å². The maximum Gasteiger partial charge on any atom is 0.197 e. The van der Waals surface area contributed by atoms with Crippen LogP contribution in [0.2, 0.25) is 0 Å². The third kappa shape index (κ3) is 122. The minimum absolute atomic E-state index is 0. The summed E-state index contributed by atoms with van der Waals surface area (Å²) < 4.78 is 7.83. The summed E-state index contributed by atoms with van der Waals surface area (Å²) in [6.45, 7) is 0. The van der Waals surface area contributed by atoms with Crippen LogP contribution in [0.4, 0.5) is 0 Å². The Morgan fingerprint density at radius 1 is 0.875 bits per heavy atom.